The molecule has 0 saturated heterocycles. The molecule has 0 unspecified atom stereocenters. The summed E-state index contributed by atoms with van der Waals surface area (Å²) in [6.07, 6.45) is 7.71. The number of methoxy groups -OCH3 is 2. The summed E-state index contributed by atoms with van der Waals surface area (Å²) >= 11 is 0. The van der Waals surface area contributed by atoms with E-state index in [4.69, 9.17) is 19.9 Å². The molecule has 1 aromatic heterocycles. The number of hydrogen-bond donors (Lipinski definition) is 1. The van der Waals surface area contributed by atoms with Crippen molar-refractivity contribution < 1.29 is 14.2 Å². The zero-order valence-electron chi connectivity index (χ0n) is 16.0. The minimum Gasteiger partial charge on any atom is -0.492 e. The highest BCUT2D eigenvalue weighted by Gasteiger charge is 2.20. The molecule has 4 rings (SSSR count). The van der Waals surface area contributed by atoms with Gasteiger partial charge in [-0.2, -0.15) is 0 Å². The van der Waals surface area contributed by atoms with Gasteiger partial charge in [0.05, 0.1) is 25.6 Å². The Labute approximate surface area is 164 Å². The lowest BCUT2D eigenvalue weighted by Crippen LogP contribution is -2.19. The van der Waals surface area contributed by atoms with Crippen LogP contribution < -0.4 is 20.1 Å². The van der Waals surface area contributed by atoms with Crippen molar-refractivity contribution in [3.63, 3.8) is 0 Å². The Morgan fingerprint density at radius 3 is 2.79 bits per heavy atom. The van der Waals surface area contributed by atoms with Crippen LogP contribution in [0.5, 0.6) is 11.5 Å². The van der Waals surface area contributed by atoms with E-state index in [1.807, 2.05) is 36.7 Å². The minimum absolute atomic E-state index is 0.455. The number of rotatable bonds is 6. The topological polar surface area (TPSA) is 69.8 Å². The van der Waals surface area contributed by atoms with Crippen LogP contribution in [0.2, 0.25) is 0 Å². The van der Waals surface area contributed by atoms with Crippen molar-refractivity contribution in [3.8, 4) is 11.5 Å². The van der Waals surface area contributed by atoms with Crippen LogP contribution >= 0.6 is 0 Å². The molecule has 2 N–H and O–H groups in total. The second-order valence-corrected chi connectivity index (χ2v) is 6.55. The monoisotopic (exact) mass is 377 g/mol. The highest BCUT2D eigenvalue weighted by atomic mass is 16.5. The average Bonchev–Trinajstić information content (AvgIpc) is 2.74. The van der Waals surface area contributed by atoms with E-state index in [1.165, 1.54) is 0 Å². The molecule has 3 aromatic rings. The van der Waals surface area contributed by atoms with Crippen LogP contribution in [0.25, 0.3) is 16.8 Å². The fourth-order valence-corrected chi connectivity index (χ4v) is 3.52. The van der Waals surface area contributed by atoms with Crippen LogP contribution in [-0.4, -0.2) is 32.4 Å². The highest BCUT2D eigenvalue weighted by Crippen LogP contribution is 2.41. The molecule has 0 atom stereocenters. The maximum Gasteiger partial charge on any atom is 0.168 e. The van der Waals surface area contributed by atoms with Gasteiger partial charge in [-0.25, -0.2) is 0 Å². The Morgan fingerprint density at radius 1 is 1.14 bits per heavy atom. The van der Waals surface area contributed by atoms with Gasteiger partial charge in [0, 0.05) is 48.1 Å². The molecule has 0 spiro atoms. The maximum absolute atomic E-state index is 6.52. The molecular weight excluding hydrogens is 354 g/mol. The predicted molar refractivity (Wildman–Crippen MR) is 112 cm³/mol. The third-order valence-electron chi connectivity index (χ3n) is 4.89. The summed E-state index contributed by atoms with van der Waals surface area (Å²) in [6, 6.07) is 9.98. The summed E-state index contributed by atoms with van der Waals surface area (Å²) < 4.78 is 16.6. The largest absolute Gasteiger partial charge is 0.492 e. The molecule has 0 fully saturated rings. The second kappa shape index (κ2) is 7.78. The molecule has 0 saturated carbocycles. The van der Waals surface area contributed by atoms with Gasteiger partial charge in [0.25, 0.3) is 0 Å². The molecule has 2 heterocycles. The summed E-state index contributed by atoms with van der Waals surface area (Å²) in [5, 5.41) is 1.89. The molecule has 1 aliphatic heterocycles. The van der Waals surface area contributed by atoms with E-state index in [-0.39, 0.29) is 0 Å². The lowest BCUT2D eigenvalue weighted by atomic mass is 9.95. The molecule has 0 amide bonds. The first-order chi connectivity index (χ1) is 13.7. The number of nitrogens with zero attached hydrogens (tertiary/aromatic N) is 2. The molecule has 144 valence electrons. The van der Waals surface area contributed by atoms with E-state index in [0.29, 0.717) is 31.3 Å². The van der Waals surface area contributed by atoms with Crippen LogP contribution in [0.1, 0.15) is 11.1 Å². The van der Waals surface area contributed by atoms with Crippen molar-refractivity contribution in [2.75, 3.05) is 38.1 Å². The number of nitrogens with two attached hydrogens (primary N) is 1. The van der Waals surface area contributed by atoms with Crippen LogP contribution in [-0.2, 0) is 11.3 Å². The summed E-state index contributed by atoms with van der Waals surface area (Å²) in [7, 11) is 3.30. The maximum atomic E-state index is 6.52. The molecule has 6 heteroatoms. The SMILES string of the molecule is COCCOc1ccc2c(N)c3c(cc2c1OC)CN(c1cccnc1)C=C3. The van der Waals surface area contributed by atoms with E-state index in [2.05, 4.69) is 22.0 Å². The third kappa shape index (κ3) is 3.23. The highest BCUT2D eigenvalue weighted by molar-refractivity contribution is 6.02. The molecule has 0 radical (unpaired) electrons. The zero-order chi connectivity index (χ0) is 19.5. The molecule has 2 aromatic carbocycles. The van der Waals surface area contributed by atoms with E-state index < -0.39 is 0 Å². The molecule has 0 bridgehead atoms. The Hall–Kier alpha value is -3.25. The van der Waals surface area contributed by atoms with Gasteiger partial charge in [-0.05, 0) is 42.0 Å². The first kappa shape index (κ1) is 18.1. The number of fused-ring (bicyclic) bond motifs is 2. The van der Waals surface area contributed by atoms with Gasteiger partial charge >= 0.3 is 0 Å². The summed E-state index contributed by atoms with van der Waals surface area (Å²) in [5.74, 6) is 1.37. The average molecular weight is 377 g/mol. The molecule has 28 heavy (non-hydrogen) atoms. The molecule has 0 aliphatic carbocycles. The van der Waals surface area contributed by atoms with Crippen molar-refractivity contribution in [3.05, 3.63) is 60.1 Å². The Kier molecular flexibility index (Phi) is 5.04. The van der Waals surface area contributed by atoms with Gasteiger partial charge in [0.2, 0.25) is 0 Å². The van der Waals surface area contributed by atoms with Gasteiger partial charge in [-0.15, -0.1) is 0 Å². The number of benzene rings is 2. The van der Waals surface area contributed by atoms with Gasteiger partial charge in [-0.3, -0.25) is 4.98 Å². The van der Waals surface area contributed by atoms with Crippen LogP contribution in [0.15, 0.2) is 48.9 Å². The lowest BCUT2D eigenvalue weighted by Gasteiger charge is -2.27. The van der Waals surface area contributed by atoms with E-state index in [1.54, 1.807) is 20.4 Å². The first-order valence-electron chi connectivity index (χ1n) is 9.11. The summed E-state index contributed by atoms with van der Waals surface area (Å²) in [6.45, 7) is 1.67. The van der Waals surface area contributed by atoms with Crippen molar-refractivity contribution in [1.82, 2.24) is 4.98 Å². The number of nitrogen functional groups attached to an aromatic ring is 1. The quantitative estimate of drug-likeness (QED) is 0.520. The van der Waals surface area contributed by atoms with Crippen molar-refractivity contribution in [2.45, 2.75) is 6.54 Å². The van der Waals surface area contributed by atoms with E-state index >= 15 is 0 Å². The van der Waals surface area contributed by atoms with Gasteiger partial charge < -0.3 is 24.8 Å². The standard InChI is InChI=1S/C22H23N3O3/c1-26-10-11-28-20-6-5-18-19(22(20)27-2)12-15-14-25(9-7-17(15)21(18)23)16-4-3-8-24-13-16/h3-9,12-13H,10-11,14,23H2,1-2H3. The number of aromatic nitrogens is 1. The van der Waals surface area contributed by atoms with Gasteiger partial charge in [-0.1, -0.05) is 0 Å². The Morgan fingerprint density at radius 2 is 2.04 bits per heavy atom. The minimum atomic E-state index is 0.455. The van der Waals surface area contributed by atoms with Crippen molar-refractivity contribution >= 4 is 28.2 Å². The third-order valence-corrected chi connectivity index (χ3v) is 4.89. The number of hydrogen-bond acceptors (Lipinski definition) is 6. The second-order valence-electron chi connectivity index (χ2n) is 6.55. The first-order valence-corrected chi connectivity index (χ1v) is 9.11. The van der Waals surface area contributed by atoms with E-state index in [9.17, 15) is 0 Å². The van der Waals surface area contributed by atoms with Gasteiger partial charge in [0.15, 0.2) is 11.5 Å². The van der Waals surface area contributed by atoms with E-state index in [0.717, 1.165) is 33.3 Å². The van der Waals surface area contributed by atoms with Crippen LogP contribution in [0.4, 0.5) is 11.4 Å². The fraction of sp³-hybridized carbons (Fsp3) is 0.227. The molecule has 1 aliphatic rings. The predicted octanol–water partition coefficient (Wildman–Crippen LogP) is 3.84. The van der Waals surface area contributed by atoms with Crippen LogP contribution in [0.3, 0.4) is 0 Å². The molecular formula is C22H23N3O3. The van der Waals surface area contributed by atoms with Crippen molar-refractivity contribution in [2.24, 2.45) is 0 Å². The number of pyridine rings is 1. The fourth-order valence-electron chi connectivity index (χ4n) is 3.52. The Bertz CT molecular complexity index is 1020. The lowest BCUT2D eigenvalue weighted by molar-refractivity contribution is 0.144. The number of anilines is 2. The Balaban J connectivity index is 1.77. The normalized spacial score (nSPS) is 12.9. The summed E-state index contributed by atoms with van der Waals surface area (Å²) in [5.41, 5.74) is 10.5. The zero-order valence-corrected chi connectivity index (χ0v) is 16.0. The molecule has 6 nitrogen and oxygen atoms in total. The summed E-state index contributed by atoms with van der Waals surface area (Å²) in [4.78, 5) is 6.36. The van der Waals surface area contributed by atoms with Gasteiger partial charge in [0.1, 0.15) is 6.61 Å². The van der Waals surface area contributed by atoms with Crippen LogP contribution in [0, 0.1) is 0 Å². The number of ether oxygens (including phenoxy) is 3. The smallest absolute Gasteiger partial charge is 0.168 e. The van der Waals surface area contributed by atoms with Crippen molar-refractivity contribution in [1.29, 1.82) is 0 Å².